The number of fused-ring (bicyclic) bond motifs is 21. The number of benzene rings is 21. The fraction of sp³-hybridized carbons (Fsp3) is 0. The summed E-state index contributed by atoms with van der Waals surface area (Å²) in [5, 5.41) is 15.1. The van der Waals surface area contributed by atoms with Gasteiger partial charge < -0.3 is 42.1 Å². The van der Waals surface area contributed by atoms with Crippen LogP contribution in [-0.2, 0) is 0 Å². The van der Waals surface area contributed by atoms with E-state index >= 15 is 0 Å². The highest BCUT2D eigenvalue weighted by atomic mass is 16.5. The molecule has 9 heterocycles. The lowest BCUT2D eigenvalue weighted by Crippen LogP contribution is -2.57. The first-order valence-corrected chi connectivity index (χ1v) is 44.5. The van der Waals surface area contributed by atoms with Crippen molar-refractivity contribution < 1.29 is 28.4 Å². The molecule has 0 unspecified atom stereocenters. The van der Waals surface area contributed by atoms with E-state index < -0.39 is 0 Å². The van der Waals surface area contributed by atoms with Gasteiger partial charge in [-0.3, -0.25) is 0 Å². The molecule has 130 heavy (non-hydrogen) atoms. The number of hydrogen-bond donors (Lipinski definition) is 0. The molecule has 3 aromatic heterocycles. The smallest absolute Gasteiger partial charge is 0.260 e. The van der Waals surface area contributed by atoms with Crippen LogP contribution >= 0.6 is 0 Å². The van der Waals surface area contributed by atoms with Gasteiger partial charge in [-0.15, -0.1) is 0 Å². The summed E-state index contributed by atoms with van der Waals surface area (Å²) in [5.74, 6) is 10.6. The van der Waals surface area contributed by atoms with Crippen LogP contribution in [0.5, 0.6) is 69.0 Å². The maximum atomic E-state index is 6.74. The molecule has 0 amide bonds. The van der Waals surface area contributed by atoms with Crippen molar-refractivity contribution in [1.82, 2.24) is 13.7 Å². The Hall–Kier alpha value is -16.9. The number of hydrogen-bond acceptors (Lipinski definition) is 6. The second kappa shape index (κ2) is 28.3. The van der Waals surface area contributed by atoms with E-state index in [1.54, 1.807) is 0 Å². The van der Waals surface area contributed by atoms with Crippen LogP contribution in [0.3, 0.4) is 0 Å². The lowest BCUT2D eigenvalue weighted by Gasteiger charge is -2.34. The molecule has 0 fully saturated rings. The highest BCUT2D eigenvalue weighted by Gasteiger charge is 2.45. The van der Waals surface area contributed by atoms with Crippen molar-refractivity contribution in [3.63, 3.8) is 0 Å². The summed E-state index contributed by atoms with van der Waals surface area (Å²) in [4.78, 5) is 0. The first kappa shape index (κ1) is 72.4. The van der Waals surface area contributed by atoms with Crippen LogP contribution in [0.2, 0.25) is 0 Å². The van der Waals surface area contributed by atoms with Gasteiger partial charge in [-0.1, -0.05) is 279 Å². The minimum atomic E-state index is 0.0451. The van der Waals surface area contributed by atoms with Gasteiger partial charge >= 0.3 is 0 Å². The van der Waals surface area contributed by atoms with Gasteiger partial charge in [0.1, 0.15) is 69.0 Å². The molecule has 21 aromatic carbocycles. The molecule has 9 nitrogen and oxygen atoms in total. The van der Waals surface area contributed by atoms with Crippen LogP contribution in [0, 0.1) is 0 Å². The molecule has 0 atom stereocenters. The molecule has 0 bridgehead atoms. The molecule has 6 aliphatic heterocycles. The number of para-hydroxylation sites is 11. The van der Waals surface area contributed by atoms with Gasteiger partial charge in [0.15, 0.2) is 0 Å². The SMILES string of the molecule is c1ccc(-n2c3ccccc3c3cc(-c4ccc5c(c4)c4ccccc4n5-c4cc5c6c(c4)Oc4ccccc4B6c4ccccc4O5)ccc32)cc1.c1ccc2c(c1)Oc1ccc(-c3ccc(-n4c5ccccc5c5ccccc54)cc3)c3c1B2c1ccccc1O3.c1ccc2c(c1)Oc1ccc(-c3ccc4ccc5cccc6ccc3c4c56)c3c1B2c1ccccc1O3. The molecule has 24 aromatic rings. The zero-order chi connectivity index (χ0) is 84.9. The van der Waals surface area contributed by atoms with Gasteiger partial charge in [-0.2, -0.15) is 0 Å². The van der Waals surface area contributed by atoms with E-state index in [9.17, 15) is 0 Å². The van der Waals surface area contributed by atoms with E-state index in [1.807, 2.05) is 30.3 Å². The number of rotatable bonds is 6. The van der Waals surface area contributed by atoms with Gasteiger partial charge in [0, 0.05) is 83.3 Å². The molecule has 6 aliphatic rings. The lowest BCUT2D eigenvalue weighted by molar-refractivity contribution is 0.464. The lowest BCUT2D eigenvalue weighted by atomic mass is 9.34. The Kier molecular flexibility index (Phi) is 15.7. The summed E-state index contributed by atoms with van der Waals surface area (Å²) in [5.41, 5.74) is 27.5. The summed E-state index contributed by atoms with van der Waals surface area (Å²) in [6.45, 7) is 0.181. The zero-order valence-corrected chi connectivity index (χ0v) is 69.9. The first-order chi connectivity index (χ1) is 64.5. The van der Waals surface area contributed by atoms with E-state index in [2.05, 4.69) is 408 Å². The van der Waals surface area contributed by atoms with Crippen LogP contribution in [0.15, 0.2) is 425 Å². The van der Waals surface area contributed by atoms with Gasteiger partial charge in [0.2, 0.25) is 0 Å². The summed E-state index contributed by atoms with van der Waals surface area (Å²) in [6.07, 6.45) is 0. The molecular formula is C118H70B3N3O6. The summed E-state index contributed by atoms with van der Waals surface area (Å²) in [6, 6.07) is 151. The third-order valence-electron chi connectivity index (χ3n) is 27.7. The quantitative estimate of drug-likeness (QED) is 0.122. The largest absolute Gasteiger partial charge is 0.458 e. The minimum absolute atomic E-state index is 0.0451. The average Bonchev–Trinajstić information content (AvgIpc) is 1.46. The second-order valence-electron chi connectivity index (χ2n) is 34.6. The van der Waals surface area contributed by atoms with E-state index in [0.29, 0.717) is 0 Å². The summed E-state index contributed by atoms with van der Waals surface area (Å²) >= 11 is 0. The van der Waals surface area contributed by atoms with Crippen LogP contribution in [0.1, 0.15) is 0 Å². The summed E-state index contributed by atoms with van der Waals surface area (Å²) < 4.78 is 46.6. The van der Waals surface area contributed by atoms with Crippen molar-refractivity contribution in [1.29, 1.82) is 0 Å². The van der Waals surface area contributed by atoms with Crippen molar-refractivity contribution in [2.45, 2.75) is 0 Å². The predicted octanol–water partition coefficient (Wildman–Crippen LogP) is 24.4. The van der Waals surface area contributed by atoms with E-state index in [-0.39, 0.29) is 20.1 Å². The molecule has 602 valence electrons. The van der Waals surface area contributed by atoms with E-state index in [1.165, 1.54) is 125 Å². The van der Waals surface area contributed by atoms with Crippen molar-refractivity contribution >= 4 is 167 Å². The molecule has 0 radical (unpaired) electrons. The number of nitrogens with zero attached hydrogens (tertiary/aromatic N) is 3. The van der Waals surface area contributed by atoms with E-state index in [0.717, 1.165) is 141 Å². The maximum absolute atomic E-state index is 6.74. The summed E-state index contributed by atoms with van der Waals surface area (Å²) in [7, 11) is 0. The molecule has 30 rings (SSSR count). The Morgan fingerprint density at radius 1 is 0.169 bits per heavy atom. The van der Waals surface area contributed by atoms with Crippen molar-refractivity contribution in [3.05, 3.63) is 425 Å². The highest BCUT2D eigenvalue weighted by molar-refractivity contribution is 6.99. The number of ether oxygens (including phenoxy) is 6. The van der Waals surface area contributed by atoms with Crippen molar-refractivity contribution in [2.24, 2.45) is 0 Å². The predicted molar refractivity (Wildman–Crippen MR) is 535 cm³/mol. The Balaban J connectivity index is 0.000000100. The van der Waals surface area contributed by atoms with Gasteiger partial charge in [0.25, 0.3) is 20.1 Å². The first-order valence-electron chi connectivity index (χ1n) is 44.5. The average molecular weight is 1660 g/mol. The Bertz CT molecular complexity index is 8780. The third kappa shape index (κ3) is 10.9. The van der Waals surface area contributed by atoms with Gasteiger partial charge in [-0.05, 0) is 221 Å². The Morgan fingerprint density at radius 2 is 0.500 bits per heavy atom. The fourth-order valence-corrected chi connectivity index (χ4v) is 22.1. The fourth-order valence-electron chi connectivity index (χ4n) is 22.1. The second-order valence-corrected chi connectivity index (χ2v) is 34.6. The van der Waals surface area contributed by atoms with Crippen LogP contribution in [0.25, 0.3) is 148 Å². The van der Waals surface area contributed by atoms with Crippen molar-refractivity contribution in [2.75, 3.05) is 0 Å². The molecule has 0 saturated heterocycles. The monoisotopic (exact) mass is 1660 g/mol. The molecule has 12 heteroatoms. The number of aromatic nitrogens is 3. The molecule has 0 saturated carbocycles. The standard InChI is InChI=1S/C48H29BN2O2.C36H22BNO2.C34H19BO2/c1-2-12-32(13-3-1)50-40-18-8-4-14-34(40)36-26-30(22-24-42(36)50)31-23-25-43-37(27-31)35-15-5-9-19-41(35)51(43)33-28-46-48-47(29-33)53-45-21-11-7-17-39(45)49(48)38-16-6-10-20-44(38)52-46;1-5-13-30-26(9-1)27-10-2-6-14-31(27)38(30)24-19-17-23(18-20-24)25-21-22-34-35-36(25)40-33-16-8-4-12-29(33)37(35)28-11-3-7-15-32(28)39-34;1-3-10-28-26(8-1)35-27-9-2-4-11-29(27)37-34-25(18-19-30(36-28)33(34)35)23-16-14-22-13-12-20-6-5-7-21-15-17-24(23)32(22)31(20)21/h1-29H;1-22H;1-19H. The molecular weight excluding hydrogens is 1590 g/mol. The highest BCUT2D eigenvalue weighted by Crippen LogP contribution is 2.49. The van der Waals surface area contributed by atoms with E-state index in [4.69, 9.17) is 28.4 Å². The zero-order valence-electron chi connectivity index (χ0n) is 69.9. The Morgan fingerprint density at radius 3 is 0.969 bits per heavy atom. The van der Waals surface area contributed by atoms with Crippen LogP contribution in [0.4, 0.5) is 0 Å². The van der Waals surface area contributed by atoms with Crippen molar-refractivity contribution in [3.8, 4) is 119 Å². The molecule has 0 spiro atoms. The minimum Gasteiger partial charge on any atom is -0.458 e. The molecule has 0 aliphatic carbocycles. The molecule has 0 N–H and O–H groups in total. The van der Waals surface area contributed by atoms with Crippen LogP contribution in [-0.4, -0.2) is 33.8 Å². The normalized spacial score (nSPS) is 12.9. The van der Waals surface area contributed by atoms with Gasteiger partial charge in [0.05, 0.1) is 38.8 Å². The van der Waals surface area contributed by atoms with Gasteiger partial charge in [-0.25, -0.2) is 0 Å². The third-order valence-corrected chi connectivity index (χ3v) is 27.7. The maximum Gasteiger partial charge on any atom is 0.260 e. The topological polar surface area (TPSA) is 70.2 Å². The Labute approximate surface area is 748 Å². The van der Waals surface area contributed by atoms with Crippen LogP contribution < -0.4 is 77.6 Å².